The minimum absolute atomic E-state index is 0.433. The normalized spacial score (nSPS) is 13.3. The number of benzene rings is 2. The van der Waals surface area contributed by atoms with Gasteiger partial charge in [-0.2, -0.15) is 0 Å². The summed E-state index contributed by atoms with van der Waals surface area (Å²) in [6.07, 6.45) is 8.16. The van der Waals surface area contributed by atoms with E-state index in [0.29, 0.717) is 11.9 Å². The minimum atomic E-state index is 0.433. The van der Waals surface area contributed by atoms with E-state index in [1.165, 1.54) is 34.4 Å². The molecule has 0 saturated heterocycles. The third-order valence-corrected chi connectivity index (χ3v) is 7.14. The van der Waals surface area contributed by atoms with Gasteiger partial charge in [-0.15, -0.1) is 11.3 Å². The first-order valence-electron chi connectivity index (χ1n) is 12.1. The van der Waals surface area contributed by atoms with Gasteiger partial charge in [-0.05, 0) is 73.6 Å². The lowest BCUT2D eigenvalue weighted by atomic mass is 10.0. The van der Waals surface area contributed by atoms with Crippen LogP contribution in [-0.4, -0.2) is 22.6 Å². The molecule has 0 aliphatic heterocycles. The lowest BCUT2D eigenvalue weighted by molar-refractivity contribution is 0.303. The summed E-state index contributed by atoms with van der Waals surface area (Å²) >= 11 is 1.69. The second kappa shape index (κ2) is 9.55. The van der Waals surface area contributed by atoms with Crippen LogP contribution in [0.2, 0.25) is 0 Å². The summed E-state index contributed by atoms with van der Waals surface area (Å²) in [6, 6.07) is 21.4. The van der Waals surface area contributed by atoms with Crippen LogP contribution < -0.4 is 10.1 Å². The number of thiophene rings is 1. The number of hydrogen-bond acceptors (Lipinski definition) is 6. The number of fused-ring (bicyclic) bond motifs is 1. The predicted octanol–water partition coefficient (Wildman–Crippen LogP) is 7.51. The van der Waals surface area contributed by atoms with Gasteiger partial charge in [0, 0.05) is 11.4 Å². The third-order valence-electron chi connectivity index (χ3n) is 6.20. The van der Waals surface area contributed by atoms with Gasteiger partial charge in [-0.3, -0.25) is 0 Å². The summed E-state index contributed by atoms with van der Waals surface area (Å²) in [7, 11) is 0. The van der Waals surface area contributed by atoms with Crippen molar-refractivity contribution in [3.63, 3.8) is 0 Å². The zero-order chi connectivity index (χ0) is 23.6. The third kappa shape index (κ3) is 5.08. The van der Waals surface area contributed by atoms with E-state index in [4.69, 9.17) is 19.1 Å². The fourth-order valence-corrected chi connectivity index (χ4v) is 5.04. The number of aromatic nitrogens is 2. The van der Waals surface area contributed by atoms with Crippen LogP contribution in [-0.2, 0) is 6.42 Å². The van der Waals surface area contributed by atoms with Crippen LogP contribution in [0.1, 0.15) is 29.7 Å². The van der Waals surface area contributed by atoms with Crippen molar-refractivity contribution in [1.82, 2.24) is 9.97 Å². The van der Waals surface area contributed by atoms with Crippen molar-refractivity contribution < 1.29 is 9.15 Å². The molecule has 2 aromatic carbocycles. The highest BCUT2D eigenvalue weighted by molar-refractivity contribution is 7.18. The largest absolute Gasteiger partial charge is 0.490 e. The van der Waals surface area contributed by atoms with Gasteiger partial charge < -0.3 is 14.5 Å². The first-order valence-corrected chi connectivity index (χ1v) is 12.9. The highest BCUT2D eigenvalue weighted by atomic mass is 32.1. The molecule has 1 aliphatic carbocycles. The molecule has 3 aromatic heterocycles. The van der Waals surface area contributed by atoms with E-state index in [0.717, 1.165) is 46.7 Å². The molecule has 5 nitrogen and oxygen atoms in total. The van der Waals surface area contributed by atoms with Gasteiger partial charge in [-0.25, -0.2) is 9.97 Å². The Morgan fingerprint density at radius 2 is 1.74 bits per heavy atom. The Bertz CT molecular complexity index is 1420. The SMILES string of the molecule is Cc1cc2c(NCCCc3ccc(-c4ccc(OC5CC5)cc4)cc3)nc(-c3ccoc3)nc2s1. The van der Waals surface area contributed by atoms with E-state index in [9.17, 15) is 0 Å². The molecule has 1 saturated carbocycles. The molecule has 0 unspecified atom stereocenters. The monoisotopic (exact) mass is 481 g/mol. The van der Waals surface area contributed by atoms with Gasteiger partial charge in [0.05, 0.1) is 23.3 Å². The molecule has 3 heterocycles. The summed E-state index contributed by atoms with van der Waals surface area (Å²) in [5.41, 5.74) is 4.68. The van der Waals surface area contributed by atoms with Crippen molar-refractivity contribution in [3.8, 4) is 28.3 Å². The Balaban J connectivity index is 1.07. The van der Waals surface area contributed by atoms with Crippen LogP contribution in [0.3, 0.4) is 0 Å². The van der Waals surface area contributed by atoms with E-state index in [-0.39, 0.29) is 0 Å². The number of furan rings is 1. The standard InChI is InChI=1S/C29H27N3O2S/c1-19-17-26-28(31-27(32-29(26)35-19)23-14-16-33-18-23)30-15-2-3-20-4-6-21(7-5-20)22-8-10-24(11-9-22)34-25-12-13-25/h4-11,14,16-18,25H,2-3,12-13,15H2,1H3,(H,30,31,32). The van der Waals surface area contributed by atoms with Crippen LogP contribution >= 0.6 is 11.3 Å². The van der Waals surface area contributed by atoms with Crippen LogP contribution in [0.5, 0.6) is 5.75 Å². The molecule has 35 heavy (non-hydrogen) atoms. The summed E-state index contributed by atoms with van der Waals surface area (Å²) in [5, 5.41) is 4.63. The smallest absolute Gasteiger partial charge is 0.166 e. The van der Waals surface area contributed by atoms with Crippen molar-refractivity contribution in [3.05, 3.63) is 83.6 Å². The maximum Gasteiger partial charge on any atom is 0.166 e. The average molecular weight is 482 g/mol. The lowest BCUT2D eigenvalue weighted by Gasteiger charge is -2.09. The van der Waals surface area contributed by atoms with Gasteiger partial charge >= 0.3 is 0 Å². The average Bonchev–Trinajstić information content (AvgIpc) is 3.36. The molecule has 0 atom stereocenters. The molecular formula is C29H27N3O2S. The van der Waals surface area contributed by atoms with Crippen molar-refractivity contribution in [2.45, 2.75) is 38.7 Å². The Morgan fingerprint density at radius 3 is 2.46 bits per heavy atom. The zero-order valence-electron chi connectivity index (χ0n) is 19.7. The second-order valence-electron chi connectivity index (χ2n) is 9.05. The predicted molar refractivity (Wildman–Crippen MR) is 142 cm³/mol. The van der Waals surface area contributed by atoms with Gasteiger partial charge in [0.15, 0.2) is 5.82 Å². The first kappa shape index (κ1) is 21.9. The van der Waals surface area contributed by atoms with Crippen molar-refractivity contribution in [2.24, 2.45) is 0 Å². The van der Waals surface area contributed by atoms with Crippen LogP contribution in [0.4, 0.5) is 5.82 Å². The maximum atomic E-state index is 5.85. The lowest BCUT2D eigenvalue weighted by Crippen LogP contribution is -2.06. The number of nitrogens with zero attached hydrogens (tertiary/aromatic N) is 2. The van der Waals surface area contributed by atoms with Crippen LogP contribution in [0.25, 0.3) is 32.7 Å². The van der Waals surface area contributed by atoms with Gasteiger partial charge in [0.25, 0.3) is 0 Å². The Morgan fingerprint density at radius 1 is 0.971 bits per heavy atom. The highest BCUT2D eigenvalue weighted by Crippen LogP contribution is 2.31. The minimum Gasteiger partial charge on any atom is -0.490 e. The Labute approximate surface area is 208 Å². The Kier molecular flexibility index (Phi) is 5.96. The summed E-state index contributed by atoms with van der Waals surface area (Å²) in [6.45, 7) is 2.95. The molecule has 1 aliphatic rings. The van der Waals surface area contributed by atoms with Crippen molar-refractivity contribution in [1.29, 1.82) is 0 Å². The molecule has 1 N–H and O–H groups in total. The first-order chi connectivity index (χ1) is 17.2. The summed E-state index contributed by atoms with van der Waals surface area (Å²) in [4.78, 5) is 11.7. The van der Waals surface area contributed by atoms with E-state index < -0.39 is 0 Å². The molecule has 6 rings (SSSR count). The van der Waals surface area contributed by atoms with Crippen molar-refractivity contribution >= 4 is 27.4 Å². The van der Waals surface area contributed by atoms with Crippen LogP contribution in [0, 0.1) is 6.92 Å². The Hall–Kier alpha value is -3.64. The fraction of sp³-hybridized carbons (Fsp3) is 0.241. The zero-order valence-corrected chi connectivity index (χ0v) is 20.5. The number of hydrogen-bond donors (Lipinski definition) is 1. The number of aryl methyl sites for hydroxylation is 2. The molecule has 0 radical (unpaired) electrons. The molecule has 0 bridgehead atoms. The molecule has 5 aromatic rings. The molecule has 6 heteroatoms. The number of ether oxygens (including phenoxy) is 1. The molecule has 176 valence electrons. The second-order valence-corrected chi connectivity index (χ2v) is 10.3. The van der Waals surface area contributed by atoms with Gasteiger partial charge in [-0.1, -0.05) is 36.4 Å². The maximum absolute atomic E-state index is 5.85. The van der Waals surface area contributed by atoms with Gasteiger partial charge in [0.2, 0.25) is 0 Å². The van der Waals surface area contributed by atoms with Crippen LogP contribution in [0.15, 0.2) is 77.6 Å². The van der Waals surface area contributed by atoms with E-state index in [2.05, 4.69) is 66.8 Å². The number of anilines is 1. The molecule has 1 fully saturated rings. The highest BCUT2D eigenvalue weighted by Gasteiger charge is 2.23. The molecule has 0 spiro atoms. The summed E-state index contributed by atoms with van der Waals surface area (Å²) < 4.78 is 11.1. The molecular weight excluding hydrogens is 454 g/mol. The van der Waals surface area contributed by atoms with E-state index in [1.54, 1.807) is 23.9 Å². The van der Waals surface area contributed by atoms with E-state index in [1.807, 2.05) is 6.07 Å². The van der Waals surface area contributed by atoms with Crippen molar-refractivity contribution in [2.75, 3.05) is 11.9 Å². The topological polar surface area (TPSA) is 60.2 Å². The van der Waals surface area contributed by atoms with E-state index >= 15 is 0 Å². The van der Waals surface area contributed by atoms with Gasteiger partial charge in [0.1, 0.15) is 22.7 Å². The fourth-order valence-electron chi connectivity index (χ4n) is 4.16. The summed E-state index contributed by atoms with van der Waals surface area (Å²) in [5.74, 6) is 2.55. The molecule has 0 amide bonds. The number of nitrogens with one attached hydrogen (secondary N) is 1. The quantitative estimate of drug-likeness (QED) is 0.221. The number of rotatable bonds is 9.